The summed E-state index contributed by atoms with van der Waals surface area (Å²) in [6.07, 6.45) is 2.99. The topological polar surface area (TPSA) is 91.4 Å². The number of para-hydroxylation sites is 1. The van der Waals surface area contributed by atoms with Crippen LogP contribution in [-0.4, -0.2) is 64.0 Å². The number of rotatable bonds is 7. The number of methoxy groups -OCH3 is 1. The summed E-state index contributed by atoms with van der Waals surface area (Å²) in [5.74, 6) is 1.72. The van der Waals surface area contributed by atoms with Gasteiger partial charge >= 0.3 is 0 Å². The second-order valence-corrected chi connectivity index (χ2v) is 11.2. The summed E-state index contributed by atoms with van der Waals surface area (Å²) in [5, 5.41) is 0. The van der Waals surface area contributed by atoms with Crippen LogP contribution in [0.25, 0.3) is 0 Å². The van der Waals surface area contributed by atoms with Crippen LogP contribution in [-0.2, 0) is 14.3 Å². The van der Waals surface area contributed by atoms with Crippen LogP contribution in [0.4, 0.5) is 0 Å². The number of hydrogen-bond donors (Lipinski definition) is 0. The van der Waals surface area contributed by atoms with Gasteiger partial charge in [0.15, 0.2) is 11.5 Å². The number of benzene rings is 2. The van der Waals surface area contributed by atoms with Crippen molar-refractivity contribution in [3.63, 3.8) is 0 Å². The van der Waals surface area contributed by atoms with Gasteiger partial charge in [-0.2, -0.15) is 8.42 Å². The van der Waals surface area contributed by atoms with Gasteiger partial charge in [0.25, 0.3) is 16.0 Å². The third-order valence-electron chi connectivity index (χ3n) is 6.52. The van der Waals surface area contributed by atoms with Crippen molar-refractivity contribution in [2.45, 2.75) is 50.7 Å². The lowest BCUT2D eigenvalue weighted by Gasteiger charge is -2.46. The molecule has 190 valence electrons. The molecule has 8 nitrogen and oxygen atoms in total. The molecule has 2 aliphatic rings. The highest BCUT2D eigenvalue weighted by Gasteiger charge is 2.44. The van der Waals surface area contributed by atoms with E-state index in [0.29, 0.717) is 49.4 Å². The van der Waals surface area contributed by atoms with Crippen molar-refractivity contribution >= 4 is 16.0 Å². The van der Waals surface area contributed by atoms with E-state index in [1.807, 2.05) is 43.0 Å². The van der Waals surface area contributed by atoms with E-state index in [0.717, 1.165) is 17.6 Å². The van der Waals surface area contributed by atoms with Gasteiger partial charge in [0.1, 0.15) is 11.4 Å². The molecule has 0 aliphatic carbocycles. The number of ether oxygens (including phenoxy) is 3. The molecular weight excluding hydrogens is 470 g/mol. The number of carbonyl (C=O) groups is 1. The minimum absolute atomic E-state index is 0.00369. The molecule has 2 aromatic carbocycles. The smallest absolute Gasteiger partial charge is 0.264 e. The fourth-order valence-electron chi connectivity index (χ4n) is 4.86. The van der Waals surface area contributed by atoms with Gasteiger partial charge in [0.2, 0.25) is 0 Å². The van der Waals surface area contributed by atoms with E-state index >= 15 is 0 Å². The molecule has 2 aromatic rings. The van der Waals surface area contributed by atoms with Gasteiger partial charge in [-0.15, -0.1) is 0 Å². The Morgan fingerprint density at radius 3 is 2.51 bits per heavy atom. The third kappa shape index (κ3) is 5.90. The van der Waals surface area contributed by atoms with Crippen LogP contribution in [0.1, 0.15) is 54.9 Å². The molecule has 2 aliphatic heterocycles. The van der Waals surface area contributed by atoms with Crippen LogP contribution in [0, 0.1) is 0 Å². The first-order chi connectivity index (χ1) is 16.6. The van der Waals surface area contributed by atoms with E-state index in [2.05, 4.69) is 0 Å². The lowest BCUT2D eigenvalue weighted by Crippen LogP contribution is -2.52. The molecule has 1 amide bonds. The molecule has 1 spiro atoms. The number of likely N-dealkylation sites (tertiary alicyclic amines) is 1. The molecule has 0 radical (unpaired) electrons. The van der Waals surface area contributed by atoms with Crippen LogP contribution in [0.15, 0.2) is 42.5 Å². The standard InChI is InChI=1S/C26H33NO7S/c1-18(2)33-23-10-9-19(15-24(23)31-3)25(28)27-13-11-26(12-14-27)16-20(17-32-35(4,29)30)21-7-5-6-8-22(21)34-26/h5-10,15,18,20H,11-14,16-17H2,1-4H3. The van der Waals surface area contributed by atoms with E-state index in [4.69, 9.17) is 18.4 Å². The molecule has 1 atom stereocenters. The molecule has 9 heteroatoms. The van der Waals surface area contributed by atoms with Crippen molar-refractivity contribution in [1.29, 1.82) is 0 Å². The van der Waals surface area contributed by atoms with Crippen molar-refractivity contribution in [2.24, 2.45) is 0 Å². The number of fused-ring (bicyclic) bond motifs is 1. The van der Waals surface area contributed by atoms with E-state index in [-0.39, 0.29) is 24.5 Å². The van der Waals surface area contributed by atoms with Gasteiger partial charge < -0.3 is 19.1 Å². The Labute approximate surface area is 207 Å². The molecule has 1 saturated heterocycles. The Morgan fingerprint density at radius 2 is 1.86 bits per heavy atom. The fourth-order valence-corrected chi connectivity index (χ4v) is 5.27. The maximum absolute atomic E-state index is 13.3. The molecule has 1 unspecified atom stereocenters. The monoisotopic (exact) mass is 503 g/mol. The maximum atomic E-state index is 13.3. The highest BCUT2D eigenvalue weighted by Crippen LogP contribution is 2.45. The van der Waals surface area contributed by atoms with Gasteiger partial charge in [0.05, 0.1) is 26.1 Å². The zero-order chi connectivity index (χ0) is 25.2. The summed E-state index contributed by atoms with van der Waals surface area (Å²) < 4.78 is 46.0. The van der Waals surface area contributed by atoms with Crippen molar-refractivity contribution in [2.75, 3.05) is 33.1 Å². The van der Waals surface area contributed by atoms with Gasteiger partial charge in [-0.1, -0.05) is 18.2 Å². The van der Waals surface area contributed by atoms with Gasteiger partial charge in [0, 0.05) is 37.4 Å². The maximum Gasteiger partial charge on any atom is 0.264 e. The first-order valence-electron chi connectivity index (χ1n) is 11.9. The second-order valence-electron chi connectivity index (χ2n) is 9.54. The summed E-state index contributed by atoms with van der Waals surface area (Å²) >= 11 is 0. The van der Waals surface area contributed by atoms with E-state index in [9.17, 15) is 13.2 Å². The van der Waals surface area contributed by atoms with Gasteiger partial charge in [-0.05, 0) is 50.1 Å². The minimum Gasteiger partial charge on any atom is -0.493 e. The van der Waals surface area contributed by atoms with Crippen LogP contribution in [0.3, 0.4) is 0 Å². The number of hydrogen-bond acceptors (Lipinski definition) is 7. The molecule has 4 rings (SSSR count). The molecule has 0 bridgehead atoms. The molecule has 1 fully saturated rings. The van der Waals surface area contributed by atoms with Crippen molar-refractivity contribution in [1.82, 2.24) is 4.90 Å². The zero-order valence-electron chi connectivity index (χ0n) is 20.7. The molecule has 0 N–H and O–H groups in total. The van der Waals surface area contributed by atoms with Gasteiger partial charge in [-0.3, -0.25) is 8.98 Å². The highest BCUT2D eigenvalue weighted by molar-refractivity contribution is 7.85. The lowest BCUT2D eigenvalue weighted by atomic mass is 9.77. The summed E-state index contributed by atoms with van der Waals surface area (Å²) in [7, 11) is -1.99. The molecular formula is C26H33NO7S. The van der Waals surface area contributed by atoms with Crippen molar-refractivity contribution in [3.8, 4) is 17.2 Å². The fraction of sp³-hybridized carbons (Fsp3) is 0.500. The average Bonchev–Trinajstić information content (AvgIpc) is 2.82. The number of piperidine rings is 1. The van der Waals surface area contributed by atoms with E-state index in [1.165, 1.54) is 0 Å². The predicted octanol–water partition coefficient (Wildman–Crippen LogP) is 4.00. The molecule has 0 aromatic heterocycles. The molecule has 35 heavy (non-hydrogen) atoms. The molecule has 2 heterocycles. The largest absolute Gasteiger partial charge is 0.493 e. The Morgan fingerprint density at radius 1 is 1.14 bits per heavy atom. The van der Waals surface area contributed by atoms with Crippen molar-refractivity contribution in [3.05, 3.63) is 53.6 Å². The Hall–Kier alpha value is -2.78. The second kappa shape index (κ2) is 10.1. The zero-order valence-corrected chi connectivity index (χ0v) is 21.5. The molecule has 0 saturated carbocycles. The Bertz CT molecular complexity index is 1170. The quantitative estimate of drug-likeness (QED) is 0.528. The summed E-state index contributed by atoms with van der Waals surface area (Å²) in [5.41, 5.74) is 1.03. The highest BCUT2D eigenvalue weighted by atomic mass is 32.2. The van der Waals surface area contributed by atoms with E-state index < -0.39 is 15.7 Å². The first kappa shape index (κ1) is 25.3. The van der Waals surface area contributed by atoms with E-state index in [1.54, 1.807) is 25.3 Å². The van der Waals surface area contributed by atoms with Crippen LogP contribution in [0.5, 0.6) is 17.2 Å². The summed E-state index contributed by atoms with van der Waals surface area (Å²) in [6.45, 7) is 5.02. The number of carbonyl (C=O) groups excluding carboxylic acids is 1. The Kier molecular flexibility index (Phi) is 7.28. The predicted molar refractivity (Wildman–Crippen MR) is 132 cm³/mol. The van der Waals surface area contributed by atoms with Crippen LogP contribution < -0.4 is 14.2 Å². The van der Waals surface area contributed by atoms with Crippen molar-refractivity contribution < 1.29 is 31.6 Å². The summed E-state index contributed by atoms with van der Waals surface area (Å²) in [4.78, 5) is 15.1. The summed E-state index contributed by atoms with van der Waals surface area (Å²) in [6, 6.07) is 12.9. The van der Waals surface area contributed by atoms with Crippen LogP contribution in [0.2, 0.25) is 0 Å². The third-order valence-corrected chi connectivity index (χ3v) is 7.09. The minimum atomic E-state index is -3.55. The normalized spacial score (nSPS) is 19.2. The number of nitrogens with zero attached hydrogens (tertiary/aromatic N) is 1. The first-order valence-corrected chi connectivity index (χ1v) is 13.7. The SMILES string of the molecule is COc1cc(C(=O)N2CCC3(CC2)CC(COS(C)(=O)=O)c2ccccc2O3)ccc1OC(C)C. The lowest BCUT2D eigenvalue weighted by molar-refractivity contribution is -0.0217. The van der Waals surface area contributed by atoms with Crippen LogP contribution >= 0.6 is 0 Å². The van der Waals surface area contributed by atoms with Gasteiger partial charge in [-0.25, -0.2) is 0 Å². The Balaban J connectivity index is 1.47. The average molecular weight is 504 g/mol. The number of amides is 1.